The van der Waals surface area contributed by atoms with Gasteiger partial charge in [0.2, 0.25) is 17.7 Å². The number of methoxy groups -OCH3 is 2. The van der Waals surface area contributed by atoms with Crippen molar-refractivity contribution in [3.8, 4) is 23.1 Å². The number of amides is 2. The van der Waals surface area contributed by atoms with E-state index in [4.69, 9.17) is 25.8 Å². The Hall–Kier alpha value is -4.37. The molecule has 0 aliphatic carbocycles. The van der Waals surface area contributed by atoms with Crippen molar-refractivity contribution in [1.29, 1.82) is 0 Å². The van der Waals surface area contributed by atoms with Gasteiger partial charge in [-0.15, -0.1) is 0 Å². The van der Waals surface area contributed by atoms with E-state index in [1.807, 2.05) is 6.92 Å². The number of hydrogen-bond acceptors (Lipinski definition) is 7. The van der Waals surface area contributed by atoms with Gasteiger partial charge in [-0.1, -0.05) is 30.7 Å². The highest BCUT2D eigenvalue weighted by molar-refractivity contribution is 6.33. The summed E-state index contributed by atoms with van der Waals surface area (Å²) in [5.74, 6) is 1.08. The fourth-order valence-corrected chi connectivity index (χ4v) is 3.84. The first-order valence-corrected chi connectivity index (χ1v) is 11.8. The fourth-order valence-electron chi connectivity index (χ4n) is 3.66. The van der Waals surface area contributed by atoms with Crippen LogP contribution in [0.1, 0.15) is 18.9 Å². The third-order valence-corrected chi connectivity index (χ3v) is 5.80. The maximum absolute atomic E-state index is 12.4. The summed E-state index contributed by atoms with van der Waals surface area (Å²) in [7, 11) is 3.12. The second-order valence-electron chi connectivity index (χ2n) is 7.93. The first-order valence-electron chi connectivity index (χ1n) is 11.4. The molecule has 2 aromatic carbocycles. The summed E-state index contributed by atoms with van der Waals surface area (Å²) < 4.78 is 16.9. The standard InChI is InChI=1S/C27H25ClN4O5/c1-4-16-11-17(31-25(33)14-26(34)32-20-8-6-5-7-19(20)28)15-30-27(16)37-22-9-10-29-21-13-24(36-3)23(35-2)12-18(21)22/h5-13,15H,4,14H2,1-3H3,(H,31,33)(H,32,34). The van der Waals surface area contributed by atoms with Crippen LogP contribution in [0.15, 0.2) is 60.9 Å². The number of fused-ring (bicyclic) bond motifs is 1. The molecule has 2 aromatic heterocycles. The molecule has 0 aliphatic heterocycles. The zero-order valence-corrected chi connectivity index (χ0v) is 21.3. The summed E-state index contributed by atoms with van der Waals surface area (Å²) in [5.41, 5.74) is 2.33. The van der Waals surface area contributed by atoms with Gasteiger partial charge in [0.25, 0.3) is 0 Å². The molecule has 4 rings (SSSR count). The molecule has 2 N–H and O–H groups in total. The average Bonchev–Trinajstić information content (AvgIpc) is 2.90. The Balaban J connectivity index is 1.48. The van der Waals surface area contributed by atoms with Gasteiger partial charge in [0.15, 0.2) is 11.5 Å². The molecule has 0 saturated carbocycles. The number of anilines is 2. The topological polar surface area (TPSA) is 112 Å². The second kappa shape index (κ2) is 11.6. The van der Waals surface area contributed by atoms with Crippen LogP contribution in [0.25, 0.3) is 10.9 Å². The van der Waals surface area contributed by atoms with Gasteiger partial charge in [-0.05, 0) is 36.8 Å². The zero-order chi connectivity index (χ0) is 26.4. The molecular formula is C27H25ClN4O5. The second-order valence-corrected chi connectivity index (χ2v) is 8.34. The first-order chi connectivity index (χ1) is 17.9. The van der Waals surface area contributed by atoms with Crippen LogP contribution in [0.2, 0.25) is 5.02 Å². The van der Waals surface area contributed by atoms with E-state index in [2.05, 4.69) is 20.6 Å². The molecule has 37 heavy (non-hydrogen) atoms. The highest BCUT2D eigenvalue weighted by Gasteiger charge is 2.15. The first kappa shape index (κ1) is 25.7. The molecule has 2 amide bonds. The van der Waals surface area contributed by atoms with E-state index < -0.39 is 11.8 Å². The number of nitrogens with zero attached hydrogens (tertiary/aromatic N) is 2. The summed E-state index contributed by atoms with van der Waals surface area (Å²) in [4.78, 5) is 33.5. The predicted molar refractivity (Wildman–Crippen MR) is 142 cm³/mol. The fraction of sp³-hybridized carbons (Fsp3) is 0.185. The van der Waals surface area contributed by atoms with Crippen molar-refractivity contribution in [3.05, 3.63) is 71.5 Å². The Kier molecular flexibility index (Phi) is 8.05. The highest BCUT2D eigenvalue weighted by Crippen LogP contribution is 2.37. The number of carbonyl (C=O) groups is 2. The van der Waals surface area contributed by atoms with Crippen molar-refractivity contribution in [2.24, 2.45) is 0 Å². The van der Waals surface area contributed by atoms with Crippen LogP contribution < -0.4 is 24.8 Å². The van der Waals surface area contributed by atoms with Crippen molar-refractivity contribution in [1.82, 2.24) is 9.97 Å². The van der Waals surface area contributed by atoms with Crippen molar-refractivity contribution >= 4 is 45.7 Å². The minimum absolute atomic E-state index is 0.376. The number of benzene rings is 2. The molecular weight excluding hydrogens is 496 g/mol. The minimum atomic E-state index is -0.483. The van der Waals surface area contributed by atoms with Crippen molar-refractivity contribution in [2.45, 2.75) is 19.8 Å². The Morgan fingerprint density at radius 1 is 0.919 bits per heavy atom. The normalized spacial score (nSPS) is 10.6. The zero-order valence-electron chi connectivity index (χ0n) is 20.5. The predicted octanol–water partition coefficient (Wildman–Crippen LogP) is 5.62. The van der Waals surface area contributed by atoms with Crippen LogP contribution in [0.5, 0.6) is 23.1 Å². The van der Waals surface area contributed by atoms with Gasteiger partial charge < -0.3 is 24.8 Å². The average molecular weight is 521 g/mol. The molecule has 0 saturated heterocycles. The van der Waals surface area contributed by atoms with Crippen LogP contribution in [0.3, 0.4) is 0 Å². The van der Waals surface area contributed by atoms with E-state index >= 15 is 0 Å². The molecule has 0 spiro atoms. The summed E-state index contributed by atoms with van der Waals surface area (Å²) in [6.45, 7) is 1.95. The van der Waals surface area contributed by atoms with E-state index in [0.717, 1.165) is 10.9 Å². The summed E-state index contributed by atoms with van der Waals surface area (Å²) in [5, 5.41) is 6.45. The molecule has 10 heteroatoms. The lowest BCUT2D eigenvalue weighted by Gasteiger charge is -2.14. The number of hydrogen-bond donors (Lipinski definition) is 2. The van der Waals surface area contributed by atoms with Gasteiger partial charge in [-0.3, -0.25) is 14.6 Å². The van der Waals surface area contributed by atoms with Crippen molar-refractivity contribution < 1.29 is 23.8 Å². The van der Waals surface area contributed by atoms with Gasteiger partial charge in [0.1, 0.15) is 12.2 Å². The Morgan fingerprint density at radius 3 is 2.38 bits per heavy atom. The Bertz CT molecular complexity index is 1460. The molecule has 0 radical (unpaired) electrons. The third-order valence-electron chi connectivity index (χ3n) is 5.47. The monoisotopic (exact) mass is 520 g/mol. The number of pyridine rings is 2. The summed E-state index contributed by atoms with van der Waals surface area (Å²) in [6, 6.07) is 13.9. The van der Waals surface area contributed by atoms with E-state index in [-0.39, 0.29) is 6.42 Å². The van der Waals surface area contributed by atoms with Crippen molar-refractivity contribution in [3.63, 3.8) is 0 Å². The van der Waals surface area contributed by atoms with Gasteiger partial charge in [0.05, 0.1) is 42.3 Å². The lowest BCUT2D eigenvalue weighted by Crippen LogP contribution is -2.21. The van der Waals surface area contributed by atoms with Gasteiger partial charge in [0, 0.05) is 23.2 Å². The number of aryl methyl sites for hydroxylation is 1. The highest BCUT2D eigenvalue weighted by atomic mass is 35.5. The van der Waals surface area contributed by atoms with Crippen LogP contribution in [0, 0.1) is 0 Å². The molecule has 190 valence electrons. The quantitative estimate of drug-likeness (QED) is 0.275. The number of carbonyl (C=O) groups excluding carboxylic acids is 2. The number of ether oxygens (including phenoxy) is 3. The van der Waals surface area contributed by atoms with E-state index in [1.165, 1.54) is 6.20 Å². The molecule has 0 atom stereocenters. The number of nitrogens with one attached hydrogen (secondary N) is 2. The molecule has 0 aliphatic rings. The summed E-state index contributed by atoms with van der Waals surface area (Å²) >= 11 is 6.05. The van der Waals surface area contributed by atoms with E-state index in [1.54, 1.807) is 68.9 Å². The minimum Gasteiger partial charge on any atom is -0.493 e. The molecule has 4 aromatic rings. The van der Waals surface area contributed by atoms with Crippen LogP contribution in [-0.2, 0) is 16.0 Å². The lowest BCUT2D eigenvalue weighted by atomic mass is 10.1. The molecule has 0 unspecified atom stereocenters. The Labute approximate surface area is 218 Å². The van der Waals surface area contributed by atoms with Crippen LogP contribution >= 0.6 is 11.6 Å². The largest absolute Gasteiger partial charge is 0.493 e. The van der Waals surface area contributed by atoms with Crippen LogP contribution in [0.4, 0.5) is 11.4 Å². The molecule has 0 fully saturated rings. The van der Waals surface area contributed by atoms with Gasteiger partial charge in [-0.25, -0.2) is 4.98 Å². The maximum Gasteiger partial charge on any atom is 0.233 e. The number of halogens is 1. The van der Waals surface area contributed by atoms with Crippen LogP contribution in [-0.4, -0.2) is 36.0 Å². The van der Waals surface area contributed by atoms with Crippen molar-refractivity contribution in [2.75, 3.05) is 24.9 Å². The Morgan fingerprint density at radius 2 is 1.65 bits per heavy atom. The number of para-hydroxylation sites is 1. The number of rotatable bonds is 9. The summed E-state index contributed by atoms with van der Waals surface area (Å²) in [6.07, 6.45) is 3.33. The molecule has 0 bridgehead atoms. The SMILES string of the molecule is CCc1cc(NC(=O)CC(=O)Nc2ccccc2Cl)cnc1Oc1ccnc2cc(OC)c(OC)cc12. The third kappa shape index (κ3) is 6.07. The number of aromatic nitrogens is 2. The van der Waals surface area contributed by atoms with Gasteiger partial charge in [-0.2, -0.15) is 0 Å². The van der Waals surface area contributed by atoms with Gasteiger partial charge >= 0.3 is 0 Å². The van der Waals surface area contributed by atoms with E-state index in [0.29, 0.717) is 51.5 Å². The molecule has 2 heterocycles. The molecule has 9 nitrogen and oxygen atoms in total. The smallest absolute Gasteiger partial charge is 0.233 e. The lowest BCUT2D eigenvalue weighted by molar-refractivity contribution is -0.123. The van der Waals surface area contributed by atoms with E-state index in [9.17, 15) is 9.59 Å². The maximum atomic E-state index is 12.4.